The highest BCUT2D eigenvalue weighted by Gasteiger charge is 2.16. The van der Waals surface area contributed by atoms with Crippen molar-refractivity contribution in [3.8, 4) is 0 Å². The fourth-order valence-corrected chi connectivity index (χ4v) is 4.57. The van der Waals surface area contributed by atoms with Crippen LogP contribution in [0, 0.1) is 11.8 Å². The fraction of sp³-hybridized carbons (Fsp3) is 0.938. The summed E-state index contributed by atoms with van der Waals surface area (Å²) in [6, 6.07) is 0. The van der Waals surface area contributed by atoms with Crippen LogP contribution >= 0.6 is 0 Å². The highest BCUT2D eigenvalue weighted by molar-refractivity contribution is 5.70. The van der Waals surface area contributed by atoms with E-state index in [1.165, 1.54) is 83.5 Å². The van der Waals surface area contributed by atoms with Crippen LogP contribution in [0.5, 0.6) is 0 Å². The summed E-state index contributed by atoms with van der Waals surface area (Å²) >= 11 is 0. The second-order valence-electron chi connectivity index (χ2n) is 11.9. The first-order valence-electron chi connectivity index (χ1n) is 15.8. The van der Waals surface area contributed by atoms with Crippen LogP contribution in [0.15, 0.2) is 0 Å². The Balaban J connectivity index is 3.58. The van der Waals surface area contributed by atoms with Crippen LogP contribution in [0.4, 0.5) is 0 Å². The van der Waals surface area contributed by atoms with Gasteiger partial charge in [0, 0.05) is 12.8 Å². The van der Waals surface area contributed by atoms with Crippen molar-refractivity contribution in [3.63, 3.8) is 0 Å². The van der Waals surface area contributed by atoms with Gasteiger partial charge in [0.1, 0.15) is 6.61 Å². The van der Waals surface area contributed by atoms with Crippen molar-refractivity contribution in [2.45, 2.75) is 169 Å². The van der Waals surface area contributed by atoms with Crippen LogP contribution in [0.25, 0.3) is 0 Å². The normalized spacial score (nSPS) is 12.3. The van der Waals surface area contributed by atoms with Gasteiger partial charge in [-0.1, -0.05) is 137 Å². The van der Waals surface area contributed by atoms with Crippen LogP contribution in [0.3, 0.4) is 0 Å². The zero-order chi connectivity index (χ0) is 27.6. The summed E-state index contributed by atoms with van der Waals surface area (Å²) in [5.41, 5.74) is 0. The molecule has 0 aromatic rings. The van der Waals surface area contributed by atoms with Gasteiger partial charge in [0.2, 0.25) is 0 Å². The minimum absolute atomic E-state index is 0.0609. The molecule has 0 aliphatic rings. The largest absolute Gasteiger partial charge is 0.462 e. The number of aliphatic hydroxyl groups excluding tert-OH is 1. The summed E-state index contributed by atoms with van der Waals surface area (Å²) in [5.74, 6) is 1.04. The molecule has 0 aromatic carbocycles. The molecule has 5 nitrogen and oxygen atoms in total. The molecule has 0 aliphatic carbocycles. The number of aliphatic hydroxyl groups is 1. The maximum absolute atomic E-state index is 12.1. The predicted octanol–water partition coefficient (Wildman–Crippen LogP) is 8.94. The molecule has 5 heteroatoms. The van der Waals surface area contributed by atoms with Crippen LogP contribution in [0.2, 0.25) is 0 Å². The van der Waals surface area contributed by atoms with Crippen LogP contribution in [0.1, 0.15) is 163 Å². The minimum Gasteiger partial charge on any atom is -0.462 e. The van der Waals surface area contributed by atoms with Crippen LogP contribution in [-0.2, 0) is 19.1 Å². The van der Waals surface area contributed by atoms with Crippen LogP contribution in [-0.4, -0.2) is 36.4 Å². The van der Waals surface area contributed by atoms with E-state index < -0.39 is 6.10 Å². The lowest BCUT2D eigenvalue weighted by Crippen LogP contribution is -2.28. The Morgan fingerprint density at radius 3 is 1.27 bits per heavy atom. The summed E-state index contributed by atoms with van der Waals surface area (Å²) in [6.45, 7) is 8.75. The third-order valence-electron chi connectivity index (χ3n) is 7.01. The Hall–Kier alpha value is -1.10. The SMILES string of the molecule is CC(C)CCCCCCCCCCCC(=O)O[C@@H](CO)COC(=O)CCCCCCCCCCC(C)C. The van der Waals surface area contributed by atoms with Crippen molar-refractivity contribution in [3.05, 3.63) is 0 Å². The fourth-order valence-electron chi connectivity index (χ4n) is 4.57. The number of esters is 2. The number of carbonyl (C=O) groups excluding carboxylic acids is 2. The molecule has 0 fully saturated rings. The van der Waals surface area contributed by atoms with Crippen molar-refractivity contribution >= 4 is 11.9 Å². The topological polar surface area (TPSA) is 72.8 Å². The molecular formula is C32H62O5. The van der Waals surface area contributed by atoms with E-state index in [4.69, 9.17) is 9.47 Å². The lowest BCUT2D eigenvalue weighted by atomic mass is 10.0. The predicted molar refractivity (Wildman–Crippen MR) is 155 cm³/mol. The van der Waals surface area contributed by atoms with Crippen LogP contribution < -0.4 is 0 Å². The zero-order valence-corrected chi connectivity index (χ0v) is 25.1. The first-order chi connectivity index (χ1) is 17.8. The maximum atomic E-state index is 12.1. The monoisotopic (exact) mass is 526 g/mol. The zero-order valence-electron chi connectivity index (χ0n) is 25.1. The highest BCUT2D eigenvalue weighted by atomic mass is 16.6. The number of ether oxygens (including phenoxy) is 2. The molecule has 0 heterocycles. The second-order valence-corrected chi connectivity index (χ2v) is 11.9. The number of hydrogen-bond acceptors (Lipinski definition) is 5. The number of rotatable bonds is 27. The van der Waals surface area contributed by atoms with Gasteiger partial charge in [-0.15, -0.1) is 0 Å². The van der Waals surface area contributed by atoms with Gasteiger partial charge in [0.15, 0.2) is 6.10 Å². The number of hydrogen-bond donors (Lipinski definition) is 1. The van der Waals surface area contributed by atoms with Gasteiger partial charge in [0.05, 0.1) is 6.61 Å². The molecule has 37 heavy (non-hydrogen) atoms. The van der Waals surface area contributed by atoms with E-state index in [0.717, 1.165) is 50.4 Å². The Bertz CT molecular complexity index is 517. The molecule has 0 amide bonds. The van der Waals surface area contributed by atoms with Gasteiger partial charge in [-0.25, -0.2) is 0 Å². The molecular weight excluding hydrogens is 464 g/mol. The molecule has 0 saturated carbocycles. The van der Waals surface area contributed by atoms with E-state index in [0.29, 0.717) is 12.8 Å². The minimum atomic E-state index is -0.761. The van der Waals surface area contributed by atoms with E-state index in [9.17, 15) is 14.7 Å². The number of unbranched alkanes of at least 4 members (excludes halogenated alkanes) is 15. The summed E-state index contributed by atoms with van der Waals surface area (Å²) in [4.78, 5) is 24.0. The van der Waals surface area contributed by atoms with Crippen molar-refractivity contribution in [1.29, 1.82) is 0 Å². The lowest BCUT2D eigenvalue weighted by Gasteiger charge is -2.15. The molecule has 1 atom stereocenters. The van der Waals surface area contributed by atoms with Gasteiger partial charge < -0.3 is 14.6 Å². The first kappa shape index (κ1) is 35.9. The van der Waals surface area contributed by atoms with E-state index >= 15 is 0 Å². The second kappa shape index (κ2) is 26.5. The Morgan fingerprint density at radius 2 is 0.892 bits per heavy atom. The van der Waals surface area contributed by atoms with E-state index in [1.54, 1.807) is 0 Å². The molecule has 0 spiro atoms. The van der Waals surface area contributed by atoms with Gasteiger partial charge >= 0.3 is 11.9 Å². The van der Waals surface area contributed by atoms with E-state index in [-0.39, 0.29) is 25.2 Å². The number of carbonyl (C=O) groups is 2. The molecule has 0 bridgehead atoms. The molecule has 0 saturated heterocycles. The summed E-state index contributed by atoms with van der Waals surface area (Å²) in [7, 11) is 0. The van der Waals surface area contributed by atoms with Crippen molar-refractivity contribution in [1.82, 2.24) is 0 Å². The maximum Gasteiger partial charge on any atom is 0.306 e. The quantitative estimate of drug-likeness (QED) is 0.0854. The molecule has 0 radical (unpaired) electrons. The molecule has 0 aromatic heterocycles. The molecule has 0 aliphatic heterocycles. The summed E-state index contributed by atoms with van der Waals surface area (Å²) < 4.78 is 10.5. The molecule has 0 rings (SSSR count). The third kappa shape index (κ3) is 27.7. The standard InChI is InChI=1S/C32H62O5/c1-28(2)22-18-14-10-6-5-7-13-17-21-25-32(35)37-30(26-33)27-36-31(34)24-20-16-12-9-8-11-15-19-23-29(3)4/h28-30,33H,5-27H2,1-4H3/t30-/m0/s1. The van der Waals surface area contributed by atoms with Gasteiger partial charge in [-0.2, -0.15) is 0 Å². The molecule has 220 valence electrons. The van der Waals surface area contributed by atoms with Crippen molar-refractivity contribution in [2.75, 3.05) is 13.2 Å². The van der Waals surface area contributed by atoms with Crippen molar-refractivity contribution < 1.29 is 24.2 Å². The Labute approximate surface area is 229 Å². The van der Waals surface area contributed by atoms with E-state index in [2.05, 4.69) is 27.7 Å². The Kier molecular flexibility index (Phi) is 25.7. The lowest BCUT2D eigenvalue weighted by molar-refractivity contribution is -0.161. The van der Waals surface area contributed by atoms with Gasteiger partial charge in [-0.3, -0.25) is 9.59 Å². The molecule has 1 N–H and O–H groups in total. The highest BCUT2D eigenvalue weighted by Crippen LogP contribution is 2.15. The van der Waals surface area contributed by atoms with Crippen molar-refractivity contribution in [2.24, 2.45) is 11.8 Å². The summed E-state index contributed by atoms with van der Waals surface area (Å²) in [6.07, 6.45) is 23.0. The van der Waals surface area contributed by atoms with Gasteiger partial charge in [-0.05, 0) is 24.7 Å². The molecule has 0 unspecified atom stereocenters. The Morgan fingerprint density at radius 1 is 0.541 bits per heavy atom. The van der Waals surface area contributed by atoms with Gasteiger partial charge in [0.25, 0.3) is 0 Å². The smallest absolute Gasteiger partial charge is 0.306 e. The third-order valence-corrected chi connectivity index (χ3v) is 7.01. The summed E-state index contributed by atoms with van der Waals surface area (Å²) in [5, 5.41) is 9.47. The first-order valence-corrected chi connectivity index (χ1v) is 15.8. The average molecular weight is 527 g/mol. The average Bonchev–Trinajstić information content (AvgIpc) is 2.85. The van der Waals surface area contributed by atoms with E-state index in [1.807, 2.05) is 0 Å².